The molecule has 0 aliphatic carbocycles. The van der Waals surface area contributed by atoms with Gasteiger partial charge in [0.25, 0.3) is 0 Å². The Morgan fingerprint density at radius 1 is 1.06 bits per heavy atom. The second-order valence-electron chi connectivity index (χ2n) is 5.15. The smallest absolute Gasteiger partial charge is 0.0598 e. The molecule has 0 saturated carbocycles. The van der Waals surface area contributed by atoms with Crippen molar-refractivity contribution in [2.24, 2.45) is 5.41 Å². The van der Waals surface area contributed by atoms with Crippen LogP contribution < -0.4 is 0 Å². The van der Waals surface area contributed by atoms with Crippen LogP contribution in [0.2, 0.25) is 0 Å². The Balaban J connectivity index is 4.36. The molecule has 2 heteroatoms. The van der Waals surface area contributed by atoms with Gasteiger partial charge in [-0.15, -0.1) is 0 Å². The lowest BCUT2D eigenvalue weighted by atomic mass is 9.73. The number of hydrogen-bond donors (Lipinski definition) is 0. The first-order valence-electron chi connectivity index (χ1n) is 7.19. The highest BCUT2D eigenvalue weighted by molar-refractivity contribution is 4.80. The Morgan fingerprint density at radius 2 is 1.71 bits per heavy atom. The minimum Gasteiger partial charge on any atom is -0.385 e. The van der Waals surface area contributed by atoms with Crippen molar-refractivity contribution in [1.82, 2.24) is 0 Å². The van der Waals surface area contributed by atoms with E-state index in [1.54, 1.807) is 7.11 Å². The molecule has 1 atom stereocenters. The van der Waals surface area contributed by atoms with Gasteiger partial charge in [-0.3, -0.25) is 0 Å². The standard InChI is InChI=1S/C15H32O2/c1-6-9-11-15(7-2,8-3)13-14(17-5)10-12-16-4/h14H,6-13H2,1-5H3. The monoisotopic (exact) mass is 244 g/mol. The molecule has 0 spiro atoms. The highest BCUT2D eigenvalue weighted by Crippen LogP contribution is 2.38. The van der Waals surface area contributed by atoms with Gasteiger partial charge < -0.3 is 9.47 Å². The fraction of sp³-hybridized carbons (Fsp3) is 1.00. The average Bonchev–Trinajstić information content (AvgIpc) is 2.39. The molecule has 0 aromatic heterocycles. The zero-order valence-corrected chi connectivity index (χ0v) is 12.6. The maximum atomic E-state index is 5.61. The molecule has 0 saturated heterocycles. The summed E-state index contributed by atoms with van der Waals surface area (Å²) >= 11 is 0. The Labute approximate surface area is 108 Å². The van der Waals surface area contributed by atoms with Crippen LogP contribution in [-0.2, 0) is 9.47 Å². The van der Waals surface area contributed by atoms with Crippen molar-refractivity contribution in [3.05, 3.63) is 0 Å². The molecule has 0 rings (SSSR count). The molecular formula is C15H32O2. The van der Waals surface area contributed by atoms with Crippen LogP contribution in [0.25, 0.3) is 0 Å². The molecule has 104 valence electrons. The zero-order valence-electron chi connectivity index (χ0n) is 12.6. The summed E-state index contributed by atoms with van der Waals surface area (Å²) in [6.45, 7) is 7.72. The Bertz CT molecular complexity index is 164. The van der Waals surface area contributed by atoms with Crippen LogP contribution in [-0.4, -0.2) is 26.9 Å². The van der Waals surface area contributed by atoms with Crippen LogP contribution in [0.1, 0.15) is 65.7 Å². The topological polar surface area (TPSA) is 18.5 Å². The third-order valence-electron chi connectivity index (χ3n) is 4.20. The molecule has 0 bridgehead atoms. The Hall–Kier alpha value is -0.0800. The van der Waals surface area contributed by atoms with Crippen molar-refractivity contribution < 1.29 is 9.47 Å². The largest absolute Gasteiger partial charge is 0.385 e. The van der Waals surface area contributed by atoms with E-state index in [1.165, 1.54) is 38.5 Å². The van der Waals surface area contributed by atoms with Crippen LogP contribution in [0.4, 0.5) is 0 Å². The second kappa shape index (κ2) is 9.90. The van der Waals surface area contributed by atoms with Crippen LogP contribution in [0.5, 0.6) is 0 Å². The molecule has 0 radical (unpaired) electrons. The summed E-state index contributed by atoms with van der Waals surface area (Å²) in [5, 5.41) is 0. The molecular weight excluding hydrogens is 212 g/mol. The van der Waals surface area contributed by atoms with Crippen LogP contribution >= 0.6 is 0 Å². The van der Waals surface area contributed by atoms with E-state index in [1.807, 2.05) is 7.11 Å². The predicted molar refractivity (Wildman–Crippen MR) is 74.4 cm³/mol. The van der Waals surface area contributed by atoms with Gasteiger partial charge in [0.15, 0.2) is 0 Å². The van der Waals surface area contributed by atoms with Crippen LogP contribution in [0.15, 0.2) is 0 Å². The van der Waals surface area contributed by atoms with Gasteiger partial charge >= 0.3 is 0 Å². The summed E-state index contributed by atoms with van der Waals surface area (Å²) in [7, 11) is 3.59. The lowest BCUT2D eigenvalue weighted by Crippen LogP contribution is -2.27. The molecule has 0 heterocycles. The number of methoxy groups -OCH3 is 2. The van der Waals surface area contributed by atoms with Crippen LogP contribution in [0.3, 0.4) is 0 Å². The highest BCUT2D eigenvalue weighted by Gasteiger charge is 2.29. The van der Waals surface area contributed by atoms with Gasteiger partial charge in [0.2, 0.25) is 0 Å². The number of hydrogen-bond acceptors (Lipinski definition) is 2. The normalized spacial score (nSPS) is 13.9. The SMILES string of the molecule is CCCCC(CC)(CC)CC(CCOC)OC. The third-order valence-corrected chi connectivity index (χ3v) is 4.20. The molecule has 17 heavy (non-hydrogen) atoms. The molecule has 0 amide bonds. The molecule has 1 unspecified atom stereocenters. The van der Waals surface area contributed by atoms with Gasteiger partial charge in [-0.05, 0) is 24.7 Å². The minimum absolute atomic E-state index is 0.353. The molecule has 0 aliphatic heterocycles. The Kier molecular flexibility index (Phi) is 9.85. The van der Waals surface area contributed by atoms with Crippen molar-refractivity contribution >= 4 is 0 Å². The van der Waals surface area contributed by atoms with Gasteiger partial charge in [0.05, 0.1) is 6.10 Å². The summed E-state index contributed by atoms with van der Waals surface area (Å²) in [6.07, 6.45) is 9.03. The first-order chi connectivity index (χ1) is 8.17. The predicted octanol–water partition coefficient (Wildman–Crippen LogP) is 4.42. The van der Waals surface area contributed by atoms with Gasteiger partial charge in [-0.2, -0.15) is 0 Å². The number of unbranched alkanes of at least 4 members (excludes halogenated alkanes) is 1. The zero-order chi connectivity index (χ0) is 13.1. The summed E-state index contributed by atoms with van der Waals surface area (Å²) in [6, 6.07) is 0. The van der Waals surface area contributed by atoms with Gasteiger partial charge in [-0.1, -0.05) is 46.5 Å². The summed E-state index contributed by atoms with van der Waals surface area (Å²) in [5.41, 5.74) is 0.477. The van der Waals surface area contributed by atoms with E-state index >= 15 is 0 Å². The van der Waals surface area contributed by atoms with Crippen molar-refractivity contribution in [3.8, 4) is 0 Å². The lowest BCUT2D eigenvalue weighted by Gasteiger charge is -2.35. The van der Waals surface area contributed by atoms with Gasteiger partial charge in [0.1, 0.15) is 0 Å². The highest BCUT2D eigenvalue weighted by atomic mass is 16.5. The molecule has 0 aliphatic rings. The number of rotatable bonds is 11. The fourth-order valence-corrected chi connectivity index (χ4v) is 2.58. The maximum absolute atomic E-state index is 5.61. The molecule has 2 nitrogen and oxygen atoms in total. The maximum Gasteiger partial charge on any atom is 0.0598 e. The van der Waals surface area contributed by atoms with Crippen molar-refractivity contribution in [2.75, 3.05) is 20.8 Å². The van der Waals surface area contributed by atoms with Gasteiger partial charge in [-0.25, -0.2) is 0 Å². The minimum atomic E-state index is 0.353. The molecule has 0 N–H and O–H groups in total. The first-order valence-corrected chi connectivity index (χ1v) is 7.19. The third kappa shape index (κ3) is 6.42. The van der Waals surface area contributed by atoms with Crippen molar-refractivity contribution in [3.63, 3.8) is 0 Å². The van der Waals surface area contributed by atoms with E-state index < -0.39 is 0 Å². The number of ether oxygens (including phenoxy) is 2. The van der Waals surface area contributed by atoms with E-state index in [4.69, 9.17) is 9.47 Å². The summed E-state index contributed by atoms with van der Waals surface area (Å²) < 4.78 is 10.8. The summed E-state index contributed by atoms with van der Waals surface area (Å²) in [5.74, 6) is 0. The van der Waals surface area contributed by atoms with E-state index in [9.17, 15) is 0 Å². The lowest BCUT2D eigenvalue weighted by molar-refractivity contribution is 0.0206. The van der Waals surface area contributed by atoms with E-state index in [2.05, 4.69) is 20.8 Å². The van der Waals surface area contributed by atoms with E-state index in [0.29, 0.717) is 11.5 Å². The van der Waals surface area contributed by atoms with Crippen molar-refractivity contribution in [1.29, 1.82) is 0 Å². The summed E-state index contributed by atoms with van der Waals surface area (Å²) in [4.78, 5) is 0. The van der Waals surface area contributed by atoms with Crippen molar-refractivity contribution in [2.45, 2.75) is 71.8 Å². The first kappa shape index (κ1) is 16.9. The molecule has 0 aromatic carbocycles. The molecule has 0 aromatic rings. The van der Waals surface area contributed by atoms with Gasteiger partial charge in [0, 0.05) is 20.8 Å². The Morgan fingerprint density at radius 3 is 2.12 bits per heavy atom. The second-order valence-corrected chi connectivity index (χ2v) is 5.15. The van der Waals surface area contributed by atoms with Crippen LogP contribution in [0, 0.1) is 5.41 Å². The average molecular weight is 244 g/mol. The molecule has 0 fully saturated rings. The quantitative estimate of drug-likeness (QED) is 0.535. The van der Waals surface area contributed by atoms with E-state index in [0.717, 1.165) is 13.0 Å². The fourth-order valence-electron chi connectivity index (χ4n) is 2.58. The van der Waals surface area contributed by atoms with E-state index in [-0.39, 0.29) is 0 Å².